The number of nitrogens with zero attached hydrogens (tertiary/aromatic N) is 1. The van der Waals surface area contributed by atoms with E-state index in [-0.39, 0.29) is 17.5 Å². The zero-order valence-electron chi connectivity index (χ0n) is 17.0. The van der Waals surface area contributed by atoms with Gasteiger partial charge in [-0.05, 0) is 49.1 Å². The van der Waals surface area contributed by atoms with Crippen molar-refractivity contribution in [1.29, 1.82) is 0 Å². The normalized spacial score (nSPS) is 15.9. The van der Waals surface area contributed by atoms with Crippen LogP contribution < -0.4 is 15.6 Å². The van der Waals surface area contributed by atoms with Crippen molar-refractivity contribution in [3.05, 3.63) is 75.8 Å². The molecule has 2 aromatic heterocycles. The van der Waals surface area contributed by atoms with E-state index in [1.54, 1.807) is 26.4 Å². The third-order valence-electron chi connectivity index (χ3n) is 6.06. The molecule has 5 rings (SSSR count). The predicted molar refractivity (Wildman–Crippen MR) is 117 cm³/mol. The Morgan fingerprint density at radius 3 is 2.77 bits per heavy atom. The van der Waals surface area contributed by atoms with Crippen molar-refractivity contribution < 1.29 is 9.53 Å². The number of hydrogen-bond donors (Lipinski definition) is 2. The van der Waals surface area contributed by atoms with Crippen molar-refractivity contribution in [2.75, 3.05) is 7.11 Å². The average molecular weight is 401 g/mol. The summed E-state index contributed by atoms with van der Waals surface area (Å²) in [6.07, 6.45) is 4.46. The third kappa shape index (κ3) is 2.87. The number of methoxy groups -OCH3 is 1. The topological polar surface area (TPSA) is 76.1 Å². The van der Waals surface area contributed by atoms with Crippen molar-refractivity contribution >= 4 is 27.6 Å². The number of hydrogen-bond acceptors (Lipinski definition) is 3. The van der Waals surface area contributed by atoms with Crippen LogP contribution in [0.3, 0.4) is 0 Å². The fourth-order valence-electron chi connectivity index (χ4n) is 4.55. The van der Waals surface area contributed by atoms with Gasteiger partial charge >= 0.3 is 0 Å². The zero-order valence-corrected chi connectivity index (χ0v) is 17.0. The van der Waals surface area contributed by atoms with Crippen molar-refractivity contribution in [3.8, 4) is 5.75 Å². The highest BCUT2D eigenvalue weighted by Gasteiger charge is 2.27. The number of nitrogens with one attached hydrogen (secondary N) is 2. The summed E-state index contributed by atoms with van der Waals surface area (Å²) < 4.78 is 6.85. The molecule has 0 saturated heterocycles. The highest BCUT2D eigenvalue weighted by molar-refractivity contribution is 6.06. The van der Waals surface area contributed by atoms with E-state index in [0.29, 0.717) is 16.3 Å². The minimum atomic E-state index is -0.170. The standard InChI is InChI=1S/C24H23N3O3/c1-27-13-19(15-6-3-4-7-17(15)24(27)29)23(28)26-21-9-5-8-16-18-12-14(30-2)10-11-20(18)25-22(16)21/h3-4,6-7,10-13,21,25H,5,8-9H2,1-2H3,(H,26,28)/t21-/m1/s1. The highest BCUT2D eigenvalue weighted by Crippen LogP contribution is 2.36. The first kappa shape index (κ1) is 18.5. The number of carbonyl (C=O) groups excluding carboxylic acids is 1. The van der Waals surface area contributed by atoms with Crippen molar-refractivity contribution in [1.82, 2.24) is 14.9 Å². The van der Waals surface area contributed by atoms with Crippen molar-refractivity contribution in [3.63, 3.8) is 0 Å². The molecule has 6 nitrogen and oxygen atoms in total. The lowest BCUT2D eigenvalue weighted by Gasteiger charge is -2.24. The summed E-state index contributed by atoms with van der Waals surface area (Å²) in [7, 11) is 3.34. The van der Waals surface area contributed by atoms with Crippen molar-refractivity contribution in [2.24, 2.45) is 7.05 Å². The lowest BCUT2D eigenvalue weighted by atomic mass is 9.91. The minimum absolute atomic E-state index is 0.101. The van der Waals surface area contributed by atoms with E-state index in [1.807, 2.05) is 30.3 Å². The maximum Gasteiger partial charge on any atom is 0.258 e. The number of fused-ring (bicyclic) bond motifs is 4. The molecule has 0 aliphatic heterocycles. The fraction of sp³-hybridized carbons (Fsp3) is 0.250. The molecule has 1 atom stereocenters. The van der Waals surface area contributed by atoms with Crippen LogP contribution in [0.25, 0.3) is 21.7 Å². The number of aromatic amines is 1. The minimum Gasteiger partial charge on any atom is -0.497 e. The molecule has 2 heterocycles. The zero-order chi connectivity index (χ0) is 20.8. The largest absolute Gasteiger partial charge is 0.497 e. The average Bonchev–Trinajstić information content (AvgIpc) is 3.15. The number of rotatable bonds is 3. The van der Waals surface area contributed by atoms with Gasteiger partial charge in [-0.1, -0.05) is 18.2 Å². The molecule has 0 spiro atoms. The quantitative estimate of drug-likeness (QED) is 0.548. The molecule has 2 aromatic carbocycles. The molecular formula is C24H23N3O3. The van der Waals surface area contributed by atoms with Crippen LogP contribution in [0.4, 0.5) is 0 Å². The molecule has 1 amide bonds. The van der Waals surface area contributed by atoms with Crippen LogP contribution >= 0.6 is 0 Å². The van der Waals surface area contributed by atoms with Crippen LogP contribution in [0.2, 0.25) is 0 Å². The summed E-state index contributed by atoms with van der Waals surface area (Å²) in [5.74, 6) is 0.656. The lowest BCUT2D eigenvalue weighted by Crippen LogP contribution is -2.32. The van der Waals surface area contributed by atoms with E-state index in [4.69, 9.17) is 4.74 Å². The van der Waals surface area contributed by atoms with Gasteiger partial charge in [0, 0.05) is 40.6 Å². The van der Waals surface area contributed by atoms with E-state index in [1.165, 1.54) is 10.1 Å². The fourth-order valence-corrected chi connectivity index (χ4v) is 4.55. The molecular weight excluding hydrogens is 378 g/mol. The molecule has 0 saturated carbocycles. The third-order valence-corrected chi connectivity index (χ3v) is 6.06. The Kier molecular flexibility index (Phi) is 4.35. The first-order chi connectivity index (χ1) is 14.6. The molecule has 1 aliphatic carbocycles. The molecule has 30 heavy (non-hydrogen) atoms. The number of pyridine rings is 1. The van der Waals surface area contributed by atoms with Crippen molar-refractivity contribution in [2.45, 2.75) is 25.3 Å². The Labute approximate surface area is 173 Å². The van der Waals surface area contributed by atoms with Gasteiger partial charge in [-0.15, -0.1) is 0 Å². The van der Waals surface area contributed by atoms with Crippen LogP contribution in [-0.2, 0) is 13.5 Å². The van der Waals surface area contributed by atoms with Crippen LogP contribution in [0, 0.1) is 0 Å². The Hall–Kier alpha value is -3.54. The molecule has 2 N–H and O–H groups in total. The number of H-pyrrole nitrogens is 1. The molecule has 152 valence electrons. The van der Waals surface area contributed by atoms with Crippen LogP contribution in [0.5, 0.6) is 5.75 Å². The summed E-state index contributed by atoms with van der Waals surface area (Å²) in [6, 6.07) is 13.2. The Morgan fingerprint density at radius 1 is 1.17 bits per heavy atom. The summed E-state index contributed by atoms with van der Waals surface area (Å²) in [4.78, 5) is 29.2. The number of amides is 1. The van der Waals surface area contributed by atoms with Gasteiger partial charge in [0.15, 0.2) is 0 Å². The first-order valence-corrected chi connectivity index (χ1v) is 10.1. The van der Waals surface area contributed by atoms with E-state index in [0.717, 1.165) is 41.6 Å². The molecule has 0 bridgehead atoms. The Balaban J connectivity index is 1.54. The number of aromatic nitrogens is 2. The number of carbonyl (C=O) groups is 1. The van der Waals surface area contributed by atoms with Gasteiger partial charge in [0.25, 0.3) is 11.5 Å². The van der Waals surface area contributed by atoms with Crippen LogP contribution in [0.15, 0.2) is 53.5 Å². The predicted octanol–water partition coefficient (Wildman–Crippen LogP) is 3.84. The molecule has 6 heteroatoms. The van der Waals surface area contributed by atoms with Crippen LogP contribution in [0.1, 0.15) is 40.5 Å². The second-order valence-corrected chi connectivity index (χ2v) is 7.85. The van der Waals surface area contributed by atoms with Gasteiger partial charge in [-0.25, -0.2) is 0 Å². The molecule has 0 radical (unpaired) electrons. The van der Waals surface area contributed by atoms with E-state index in [9.17, 15) is 9.59 Å². The number of benzene rings is 2. The monoisotopic (exact) mass is 401 g/mol. The lowest BCUT2D eigenvalue weighted by molar-refractivity contribution is 0.0933. The number of ether oxygens (including phenoxy) is 1. The summed E-state index contributed by atoms with van der Waals surface area (Å²) >= 11 is 0. The smallest absolute Gasteiger partial charge is 0.258 e. The molecule has 0 unspecified atom stereocenters. The summed E-state index contributed by atoms with van der Waals surface area (Å²) in [5.41, 5.74) is 3.76. The van der Waals surface area contributed by atoms with Gasteiger partial charge in [0.2, 0.25) is 0 Å². The second-order valence-electron chi connectivity index (χ2n) is 7.85. The maximum absolute atomic E-state index is 13.3. The maximum atomic E-state index is 13.3. The highest BCUT2D eigenvalue weighted by atomic mass is 16.5. The summed E-state index contributed by atoms with van der Waals surface area (Å²) in [6.45, 7) is 0. The van der Waals surface area contributed by atoms with E-state index in [2.05, 4.69) is 16.4 Å². The molecule has 1 aliphatic rings. The molecule has 4 aromatic rings. The van der Waals surface area contributed by atoms with E-state index >= 15 is 0 Å². The van der Waals surface area contributed by atoms with Gasteiger partial charge in [0.05, 0.1) is 18.7 Å². The SMILES string of the molecule is COc1ccc2[nH]c3c(c2c1)CCC[C@H]3NC(=O)c1cn(C)c(=O)c2ccccc12. The van der Waals surface area contributed by atoms with Gasteiger partial charge in [0.1, 0.15) is 5.75 Å². The number of aryl methyl sites for hydroxylation is 2. The van der Waals surface area contributed by atoms with Gasteiger partial charge < -0.3 is 19.6 Å². The van der Waals surface area contributed by atoms with E-state index < -0.39 is 0 Å². The van der Waals surface area contributed by atoms with Crippen LogP contribution in [-0.4, -0.2) is 22.6 Å². The van der Waals surface area contributed by atoms with Gasteiger partial charge in [-0.2, -0.15) is 0 Å². The second kappa shape index (κ2) is 7.06. The summed E-state index contributed by atoms with van der Waals surface area (Å²) in [5, 5.41) is 5.58. The Morgan fingerprint density at radius 2 is 1.97 bits per heavy atom. The molecule has 0 fully saturated rings. The first-order valence-electron chi connectivity index (χ1n) is 10.1. The Bertz CT molecular complexity index is 1350. The van der Waals surface area contributed by atoms with Gasteiger partial charge in [-0.3, -0.25) is 9.59 Å².